The van der Waals surface area contributed by atoms with E-state index >= 15 is 0 Å². The van der Waals surface area contributed by atoms with Gasteiger partial charge in [-0.15, -0.1) is 0 Å². The predicted octanol–water partition coefficient (Wildman–Crippen LogP) is 2.76. The molecule has 22 heavy (non-hydrogen) atoms. The van der Waals surface area contributed by atoms with E-state index < -0.39 is 16.1 Å². The van der Waals surface area contributed by atoms with Crippen LogP contribution in [0.5, 0.6) is 0 Å². The van der Waals surface area contributed by atoms with E-state index in [1.165, 1.54) is 34.5 Å². The highest BCUT2D eigenvalue weighted by atomic mass is 35.5. The van der Waals surface area contributed by atoms with Crippen LogP contribution in [0.15, 0.2) is 23.1 Å². The summed E-state index contributed by atoms with van der Waals surface area (Å²) in [4.78, 5) is 12.2. The molecule has 2 rings (SSSR count). The molecule has 6 nitrogen and oxygen atoms in total. The molecule has 1 N–H and O–H groups in total. The molecule has 9 heteroatoms. The number of benzene rings is 1. The lowest BCUT2D eigenvalue weighted by molar-refractivity contribution is 0.120. The van der Waals surface area contributed by atoms with Gasteiger partial charge in [0, 0.05) is 26.2 Å². The first kappa shape index (κ1) is 17.3. The fourth-order valence-corrected chi connectivity index (χ4v) is 4.27. The van der Waals surface area contributed by atoms with E-state index in [0.29, 0.717) is 17.9 Å². The minimum Gasteiger partial charge on any atom is -0.465 e. The molecule has 0 spiro atoms. The molecule has 1 heterocycles. The predicted molar refractivity (Wildman–Crippen MR) is 84.0 cm³/mol. The second-order valence-electron chi connectivity index (χ2n) is 5.10. The highest BCUT2D eigenvalue weighted by molar-refractivity contribution is 7.89. The van der Waals surface area contributed by atoms with Crippen LogP contribution in [0.2, 0.25) is 10.0 Å². The Balaban J connectivity index is 2.12. The van der Waals surface area contributed by atoms with Gasteiger partial charge < -0.3 is 10.0 Å². The lowest BCUT2D eigenvalue weighted by Gasteiger charge is -2.34. The summed E-state index contributed by atoms with van der Waals surface area (Å²) in [6.07, 6.45) is -0.0852. The second-order valence-corrected chi connectivity index (χ2v) is 7.86. The van der Waals surface area contributed by atoms with Crippen LogP contribution in [0.4, 0.5) is 4.79 Å². The summed E-state index contributed by atoms with van der Waals surface area (Å²) >= 11 is 11.7. The third kappa shape index (κ3) is 3.48. The largest absolute Gasteiger partial charge is 0.465 e. The lowest BCUT2D eigenvalue weighted by atomic mass is 10.1. The van der Waals surface area contributed by atoms with Gasteiger partial charge in [-0.2, -0.15) is 4.31 Å². The van der Waals surface area contributed by atoms with Gasteiger partial charge in [0.25, 0.3) is 0 Å². The van der Waals surface area contributed by atoms with Crippen molar-refractivity contribution in [2.75, 3.05) is 20.1 Å². The van der Waals surface area contributed by atoms with Crippen LogP contribution in [0.25, 0.3) is 0 Å². The van der Waals surface area contributed by atoms with E-state index in [4.69, 9.17) is 28.3 Å². The fourth-order valence-electron chi connectivity index (χ4n) is 2.41. The molecule has 1 amide bonds. The van der Waals surface area contributed by atoms with Crippen molar-refractivity contribution < 1.29 is 18.3 Å². The van der Waals surface area contributed by atoms with Gasteiger partial charge in [0.2, 0.25) is 10.0 Å². The first-order valence-electron chi connectivity index (χ1n) is 6.64. The number of hydrogen-bond donors (Lipinski definition) is 1. The van der Waals surface area contributed by atoms with Crippen molar-refractivity contribution in [2.24, 2.45) is 0 Å². The molecule has 1 aliphatic rings. The van der Waals surface area contributed by atoms with E-state index in [1.807, 2.05) is 0 Å². The van der Waals surface area contributed by atoms with Crippen LogP contribution in [-0.2, 0) is 10.0 Å². The Kier molecular flexibility index (Phi) is 5.21. The van der Waals surface area contributed by atoms with Crippen molar-refractivity contribution >= 4 is 39.3 Å². The van der Waals surface area contributed by atoms with E-state index in [0.717, 1.165) is 0 Å². The number of halogens is 2. The zero-order valence-corrected chi connectivity index (χ0v) is 14.2. The van der Waals surface area contributed by atoms with Crippen molar-refractivity contribution in [3.8, 4) is 0 Å². The maximum Gasteiger partial charge on any atom is 0.407 e. The Hall–Kier alpha value is -1.02. The molecule has 1 aromatic carbocycles. The molecule has 1 aliphatic heterocycles. The number of amides is 1. The molecule has 0 aromatic heterocycles. The van der Waals surface area contributed by atoms with Crippen LogP contribution in [0.1, 0.15) is 12.8 Å². The highest BCUT2D eigenvalue weighted by Crippen LogP contribution is 2.28. The number of rotatable bonds is 3. The summed E-state index contributed by atoms with van der Waals surface area (Å²) in [7, 11) is -2.15. The zero-order valence-electron chi connectivity index (χ0n) is 11.9. The molecule has 0 aliphatic carbocycles. The van der Waals surface area contributed by atoms with Gasteiger partial charge in [0.15, 0.2) is 0 Å². The third-order valence-electron chi connectivity index (χ3n) is 3.80. The van der Waals surface area contributed by atoms with Gasteiger partial charge in [-0.3, -0.25) is 0 Å². The van der Waals surface area contributed by atoms with Gasteiger partial charge in [-0.05, 0) is 31.0 Å². The maximum absolute atomic E-state index is 12.6. The number of carbonyl (C=O) groups is 1. The molecule has 0 radical (unpaired) electrons. The standard InChI is InChI=1S/C13H16Cl2N2O4S/c1-16(13(18)19)9-4-6-17(7-5-9)22(20,21)10-2-3-11(14)12(15)8-10/h2-3,8-9H,4-7H2,1H3,(H,18,19). The Morgan fingerprint density at radius 1 is 1.27 bits per heavy atom. The molecule has 1 saturated heterocycles. The molecule has 0 atom stereocenters. The minimum absolute atomic E-state index is 0.0898. The fraction of sp³-hybridized carbons (Fsp3) is 0.462. The van der Waals surface area contributed by atoms with Crippen molar-refractivity contribution in [3.05, 3.63) is 28.2 Å². The normalized spacial score (nSPS) is 17.4. The molecule has 1 aromatic rings. The van der Waals surface area contributed by atoms with Crippen LogP contribution in [0.3, 0.4) is 0 Å². The molecular formula is C13H16Cl2N2O4S. The molecular weight excluding hydrogens is 351 g/mol. The second kappa shape index (κ2) is 6.62. The number of sulfonamides is 1. The van der Waals surface area contributed by atoms with E-state index in [1.54, 1.807) is 0 Å². The molecule has 122 valence electrons. The molecule has 1 fully saturated rings. The van der Waals surface area contributed by atoms with Crippen molar-refractivity contribution in [3.63, 3.8) is 0 Å². The lowest BCUT2D eigenvalue weighted by Crippen LogP contribution is -2.46. The average molecular weight is 367 g/mol. The Labute approximate surface area is 139 Å². The average Bonchev–Trinajstić information content (AvgIpc) is 2.49. The smallest absolute Gasteiger partial charge is 0.407 e. The van der Waals surface area contributed by atoms with Gasteiger partial charge in [-0.25, -0.2) is 13.2 Å². The maximum atomic E-state index is 12.6. The summed E-state index contributed by atoms with van der Waals surface area (Å²) in [5.74, 6) is 0. The van der Waals surface area contributed by atoms with Crippen LogP contribution < -0.4 is 0 Å². The van der Waals surface area contributed by atoms with E-state index in [-0.39, 0.29) is 29.0 Å². The third-order valence-corrected chi connectivity index (χ3v) is 6.44. The Morgan fingerprint density at radius 2 is 1.86 bits per heavy atom. The van der Waals surface area contributed by atoms with Crippen molar-refractivity contribution in [1.82, 2.24) is 9.21 Å². The summed E-state index contributed by atoms with van der Waals surface area (Å²) in [6.45, 7) is 0.537. The number of carboxylic acid groups (broad SMARTS) is 1. The van der Waals surface area contributed by atoms with Crippen molar-refractivity contribution in [2.45, 2.75) is 23.8 Å². The number of hydrogen-bond acceptors (Lipinski definition) is 3. The summed E-state index contributed by atoms with van der Waals surface area (Å²) in [5.41, 5.74) is 0. The van der Waals surface area contributed by atoms with E-state index in [9.17, 15) is 13.2 Å². The Bertz CT molecular complexity index is 673. The topological polar surface area (TPSA) is 77.9 Å². The van der Waals surface area contributed by atoms with Crippen molar-refractivity contribution in [1.29, 1.82) is 0 Å². The molecule has 0 unspecified atom stereocenters. The number of nitrogens with zero attached hydrogens (tertiary/aromatic N) is 2. The SMILES string of the molecule is CN(C(=O)O)C1CCN(S(=O)(=O)c2ccc(Cl)c(Cl)c2)CC1. The first-order chi connectivity index (χ1) is 10.2. The molecule has 0 saturated carbocycles. The monoisotopic (exact) mass is 366 g/mol. The van der Waals surface area contributed by atoms with Gasteiger partial charge >= 0.3 is 6.09 Å². The van der Waals surface area contributed by atoms with E-state index in [2.05, 4.69) is 0 Å². The highest BCUT2D eigenvalue weighted by Gasteiger charge is 2.32. The van der Waals surface area contributed by atoms with Crippen LogP contribution in [-0.4, -0.2) is 55.0 Å². The number of piperidine rings is 1. The zero-order chi connectivity index (χ0) is 16.5. The Morgan fingerprint density at radius 3 is 2.36 bits per heavy atom. The van der Waals surface area contributed by atoms with Crippen LogP contribution in [0, 0.1) is 0 Å². The minimum atomic E-state index is -3.65. The first-order valence-corrected chi connectivity index (χ1v) is 8.84. The van der Waals surface area contributed by atoms with Gasteiger partial charge in [0.05, 0.1) is 14.9 Å². The summed E-state index contributed by atoms with van der Waals surface area (Å²) in [6, 6.07) is 4.02. The quantitative estimate of drug-likeness (QED) is 0.891. The summed E-state index contributed by atoms with van der Waals surface area (Å²) in [5, 5.41) is 9.44. The van der Waals surface area contributed by atoms with Gasteiger partial charge in [0.1, 0.15) is 0 Å². The van der Waals surface area contributed by atoms with Gasteiger partial charge in [-0.1, -0.05) is 23.2 Å². The molecule has 0 bridgehead atoms. The van der Waals surface area contributed by atoms with Crippen LogP contribution >= 0.6 is 23.2 Å². The summed E-state index contributed by atoms with van der Waals surface area (Å²) < 4.78 is 26.5.